The summed E-state index contributed by atoms with van der Waals surface area (Å²) in [6.45, 7) is 0. The second-order valence-electron chi connectivity index (χ2n) is 1.17. The largest absolute Gasteiger partial charge is 0.493 e. The van der Waals surface area contributed by atoms with Gasteiger partial charge in [0.05, 0.1) is 0 Å². The van der Waals surface area contributed by atoms with Crippen LogP contribution < -0.4 is 0 Å². The molecular formula is C2H4F3O3P. The van der Waals surface area contributed by atoms with Crippen molar-refractivity contribution in [2.24, 2.45) is 0 Å². The minimum absolute atomic E-state index is 0.522. The quantitative estimate of drug-likeness (QED) is 0.594. The molecule has 0 spiro atoms. The molecule has 0 aromatic heterocycles. The lowest BCUT2D eigenvalue weighted by Gasteiger charge is -2.10. The summed E-state index contributed by atoms with van der Waals surface area (Å²) >= 11 is 0. The highest BCUT2D eigenvalue weighted by atomic mass is 31.2. The van der Waals surface area contributed by atoms with E-state index in [2.05, 4.69) is 4.52 Å². The molecule has 56 valence electrons. The SMILES string of the molecule is COP(=O)(O)C(F)(F)F. The van der Waals surface area contributed by atoms with Crippen molar-refractivity contribution in [1.29, 1.82) is 0 Å². The minimum atomic E-state index is -5.36. The van der Waals surface area contributed by atoms with Crippen LogP contribution in [0.2, 0.25) is 0 Å². The monoisotopic (exact) mass is 164 g/mol. The maximum Gasteiger partial charge on any atom is 0.493 e. The Hall–Kier alpha value is -0.0600. The number of rotatable bonds is 1. The predicted molar refractivity (Wildman–Crippen MR) is 22.9 cm³/mol. The maximum atomic E-state index is 11.2. The molecule has 7 heteroatoms. The number of alkyl halides is 3. The van der Waals surface area contributed by atoms with E-state index in [1.165, 1.54) is 0 Å². The predicted octanol–water partition coefficient (Wildman–Crippen LogP) is 1.34. The zero-order chi connectivity index (χ0) is 7.71. The van der Waals surface area contributed by atoms with Gasteiger partial charge in [-0.25, -0.2) is 0 Å². The molecule has 0 bridgehead atoms. The summed E-state index contributed by atoms with van der Waals surface area (Å²) in [5, 5.41) is 0. The van der Waals surface area contributed by atoms with Gasteiger partial charge in [-0.15, -0.1) is 0 Å². The molecule has 0 saturated carbocycles. The molecule has 0 aromatic rings. The third kappa shape index (κ3) is 1.97. The Morgan fingerprint density at radius 3 is 1.89 bits per heavy atom. The summed E-state index contributed by atoms with van der Waals surface area (Å²) in [7, 11) is -4.84. The van der Waals surface area contributed by atoms with Crippen LogP contribution in [0.25, 0.3) is 0 Å². The lowest BCUT2D eigenvalue weighted by Crippen LogP contribution is -2.08. The average Bonchev–Trinajstić information content (AvgIpc) is 1.64. The van der Waals surface area contributed by atoms with Gasteiger partial charge >= 0.3 is 13.5 Å². The summed E-state index contributed by atoms with van der Waals surface area (Å²) in [5.74, 6) is -5.16. The summed E-state index contributed by atoms with van der Waals surface area (Å²) < 4.78 is 46.7. The highest BCUT2D eigenvalue weighted by Crippen LogP contribution is 2.57. The van der Waals surface area contributed by atoms with Crippen LogP contribution in [-0.2, 0) is 9.09 Å². The van der Waals surface area contributed by atoms with Crippen molar-refractivity contribution in [2.75, 3.05) is 7.11 Å². The van der Waals surface area contributed by atoms with Crippen LogP contribution >= 0.6 is 7.60 Å². The molecule has 1 atom stereocenters. The summed E-state index contributed by atoms with van der Waals surface area (Å²) in [4.78, 5) is 7.87. The van der Waals surface area contributed by atoms with Gasteiger partial charge in [0.25, 0.3) is 0 Å². The van der Waals surface area contributed by atoms with E-state index in [0.717, 1.165) is 0 Å². The molecule has 1 N–H and O–H groups in total. The molecule has 1 unspecified atom stereocenters. The van der Waals surface area contributed by atoms with E-state index >= 15 is 0 Å². The van der Waals surface area contributed by atoms with Gasteiger partial charge in [-0.05, 0) is 0 Å². The zero-order valence-corrected chi connectivity index (χ0v) is 5.24. The normalized spacial score (nSPS) is 19.2. The number of hydrogen-bond donors (Lipinski definition) is 1. The fourth-order valence-electron chi connectivity index (χ4n) is 0.104. The Kier molecular flexibility index (Phi) is 2.27. The van der Waals surface area contributed by atoms with Gasteiger partial charge in [0, 0.05) is 7.11 Å². The zero-order valence-electron chi connectivity index (χ0n) is 4.34. The van der Waals surface area contributed by atoms with Crippen molar-refractivity contribution in [2.45, 2.75) is 5.92 Å². The molecule has 0 radical (unpaired) electrons. The number of halogens is 3. The second-order valence-corrected chi connectivity index (χ2v) is 3.08. The van der Waals surface area contributed by atoms with E-state index in [0.29, 0.717) is 7.11 Å². The molecule has 0 fully saturated rings. The molecule has 3 nitrogen and oxygen atoms in total. The molecule has 0 aliphatic heterocycles. The first kappa shape index (κ1) is 8.94. The van der Waals surface area contributed by atoms with Gasteiger partial charge in [-0.2, -0.15) is 13.2 Å². The van der Waals surface area contributed by atoms with Crippen molar-refractivity contribution in [3.63, 3.8) is 0 Å². The van der Waals surface area contributed by atoms with Crippen molar-refractivity contribution in [1.82, 2.24) is 0 Å². The van der Waals surface area contributed by atoms with Crippen LogP contribution in [-0.4, -0.2) is 17.9 Å². The average molecular weight is 164 g/mol. The lowest BCUT2D eigenvalue weighted by molar-refractivity contribution is -0.0684. The fourth-order valence-corrected chi connectivity index (χ4v) is 0.311. The molecule has 9 heavy (non-hydrogen) atoms. The third-order valence-electron chi connectivity index (χ3n) is 0.568. The Labute approximate surface area is 49.0 Å². The molecule has 0 saturated heterocycles. The summed E-state index contributed by atoms with van der Waals surface area (Å²) in [6.07, 6.45) is 0. The summed E-state index contributed by atoms with van der Waals surface area (Å²) in [5.41, 5.74) is 0. The molecule has 0 aliphatic carbocycles. The second kappa shape index (κ2) is 2.28. The first-order valence-corrected chi connectivity index (χ1v) is 3.34. The molecule has 0 rings (SSSR count). The smallest absolute Gasteiger partial charge is 0.318 e. The van der Waals surface area contributed by atoms with Gasteiger partial charge in [-0.1, -0.05) is 0 Å². The highest BCUT2D eigenvalue weighted by molar-refractivity contribution is 7.53. The molecule has 0 aromatic carbocycles. The Morgan fingerprint density at radius 2 is 1.89 bits per heavy atom. The Morgan fingerprint density at radius 1 is 1.56 bits per heavy atom. The van der Waals surface area contributed by atoms with Crippen LogP contribution in [0.5, 0.6) is 0 Å². The van der Waals surface area contributed by atoms with E-state index < -0.39 is 13.5 Å². The van der Waals surface area contributed by atoms with Crippen LogP contribution in [0.3, 0.4) is 0 Å². The van der Waals surface area contributed by atoms with Crippen LogP contribution in [0.4, 0.5) is 13.2 Å². The van der Waals surface area contributed by atoms with E-state index in [4.69, 9.17) is 4.89 Å². The van der Waals surface area contributed by atoms with E-state index in [1.807, 2.05) is 0 Å². The van der Waals surface area contributed by atoms with Crippen molar-refractivity contribution in [3.05, 3.63) is 0 Å². The maximum absolute atomic E-state index is 11.2. The van der Waals surface area contributed by atoms with Gasteiger partial charge in [0.1, 0.15) is 0 Å². The van der Waals surface area contributed by atoms with Crippen molar-refractivity contribution < 1.29 is 27.2 Å². The van der Waals surface area contributed by atoms with Crippen molar-refractivity contribution in [3.8, 4) is 0 Å². The first-order chi connectivity index (χ1) is 3.81. The lowest BCUT2D eigenvalue weighted by atomic mass is 11.6. The van der Waals surface area contributed by atoms with Gasteiger partial charge in [-0.3, -0.25) is 4.57 Å². The van der Waals surface area contributed by atoms with E-state index in [1.54, 1.807) is 0 Å². The van der Waals surface area contributed by atoms with Gasteiger partial charge in [0.2, 0.25) is 0 Å². The topological polar surface area (TPSA) is 46.5 Å². The van der Waals surface area contributed by atoms with E-state index in [9.17, 15) is 17.7 Å². The van der Waals surface area contributed by atoms with Crippen LogP contribution in [0, 0.1) is 0 Å². The van der Waals surface area contributed by atoms with E-state index in [-0.39, 0.29) is 0 Å². The standard InChI is InChI=1S/C2H4F3O3P/c1-8-9(6,7)2(3,4)5/h1H3,(H,6,7). The number of hydrogen-bond acceptors (Lipinski definition) is 2. The van der Waals surface area contributed by atoms with Crippen molar-refractivity contribution >= 4 is 7.60 Å². The fraction of sp³-hybridized carbons (Fsp3) is 1.00. The minimum Gasteiger partial charge on any atom is -0.318 e. The molecule has 0 heterocycles. The highest BCUT2D eigenvalue weighted by Gasteiger charge is 2.51. The first-order valence-electron chi connectivity index (χ1n) is 1.76. The van der Waals surface area contributed by atoms with Crippen LogP contribution in [0.15, 0.2) is 0 Å². The molecule has 0 amide bonds. The Balaban J connectivity index is 4.35. The Bertz CT molecular complexity index is 140. The van der Waals surface area contributed by atoms with Gasteiger partial charge in [0.15, 0.2) is 0 Å². The summed E-state index contributed by atoms with van der Waals surface area (Å²) in [6, 6.07) is 0. The third-order valence-corrected chi connectivity index (χ3v) is 1.70. The molecular weight excluding hydrogens is 160 g/mol. The van der Waals surface area contributed by atoms with Gasteiger partial charge < -0.3 is 9.42 Å². The van der Waals surface area contributed by atoms with Crippen LogP contribution in [0.1, 0.15) is 0 Å². The molecule has 0 aliphatic rings.